The van der Waals surface area contributed by atoms with Crippen LogP contribution in [0.25, 0.3) is 0 Å². The topological polar surface area (TPSA) is 84.2 Å². The average molecular weight is 348 g/mol. The first-order chi connectivity index (χ1) is 11.5. The third-order valence-corrected chi connectivity index (χ3v) is 4.25. The molecule has 0 aliphatic heterocycles. The lowest BCUT2D eigenvalue weighted by atomic mass is 10.1. The Balaban J connectivity index is 1.68. The molecule has 5 nitrogen and oxygen atoms in total. The normalized spacial score (nSPS) is 18.8. The first-order valence-corrected chi connectivity index (χ1v) is 7.74. The van der Waals surface area contributed by atoms with Crippen molar-refractivity contribution >= 4 is 29.1 Å². The summed E-state index contributed by atoms with van der Waals surface area (Å²) in [5, 5.41) is 4.90. The molecule has 1 aliphatic rings. The highest BCUT2D eigenvalue weighted by Gasteiger charge is 2.32. The molecule has 24 heavy (non-hydrogen) atoms. The summed E-state index contributed by atoms with van der Waals surface area (Å²) in [6.45, 7) is 0. The summed E-state index contributed by atoms with van der Waals surface area (Å²) in [6.07, 6.45) is 0.630. The summed E-state index contributed by atoms with van der Waals surface area (Å²) in [5.74, 6) is -2.41. The van der Waals surface area contributed by atoms with E-state index in [9.17, 15) is 14.0 Å². The van der Waals surface area contributed by atoms with E-state index in [4.69, 9.17) is 17.3 Å². The number of fused-ring (bicyclic) bond motifs is 1. The van der Waals surface area contributed by atoms with Gasteiger partial charge in [-0.15, -0.1) is 0 Å². The molecule has 0 fully saturated rings. The van der Waals surface area contributed by atoms with Crippen LogP contribution in [0.1, 0.15) is 17.2 Å². The Kier molecular flexibility index (Phi) is 4.51. The number of carbonyl (C=O) groups is 2. The van der Waals surface area contributed by atoms with Crippen molar-refractivity contribution in [3.63, 3.8) is 0 Å². The van der Waals surface area contributed by atoms with Crippen molar-refractivity contribution in [1.29, 1.82) is 0 Å². The second-order valence-corrected chi connectivity index (χ2v) is 6.01. The van der Waals surface area contributed by atoms with Crippen LogP contribution in [-0.2, 0) is 16.0 Å². The van der Waals surface area contributed by atoms with E-state index < -0.39 is 23.7 Å². The minimum Gasteiger partial charge on any atom is -0.339 e. The molecule has 2 atom stereocenters. The van der Waals surface area contributed by atoms with Crippen molar-refractivity contribution in [3.8, 4) is 0 Å². The van der Waals surface area contributed by atoms with E-state index in [0.717, 1.165) is 17.2 Å². The number of nitrogens with one attached hydrogen (secondary N) is 2. The molecule has 3 rings (SSSR count). The Morgan fingerprint density at radius 1 is 1.17 bits per heavy atom. The number of benzene rings is 2. The number of halogens is 2. The second-order valence-electron chi connectivity index (χ2n) is 5.60. The molecule has 124 valence electrons. The van der Waals surface area contributed by atoms with Crippen molar-refractivity contribution in [1.82, 2.24) is 5.32 Å². The molecule has 0 heterocycles. The monoisotopic (exact) mass is 347 g/mol. The SMILES string of the molecule is N[C@@H]1Cc2ccccc2[C@H]1NC(=O)C(=O)Nc1ccc(Cl)c(F)c1. The van der Waals surface area contributed by atoms with Gasteiger partial charge in [0.05, 0.1) is 11.1 Å². The van der Waals surface area contributed by atoms with Crippen LogP contribution in [0.15, 0.2) is 42.5 Å². The average Bonchev–Trinajstić information content (AvgIpc) is 2.87. The van der Waals surface area contributed by atoms with Gasteiger partial charge in [-0.3, -0.25) is 9.59 Å². The van der Waals surface area contributed by atoms with Gasteiger partial charge >= 0.3 is 11.8 Å². The van der Waals surface area contributed by atoms with Crippen molar-refractivity contribution in [2.24, 2.45) is 5.73 Å². The molecule has 2 aromatic rings. The Morgan fingerprint density at radius 2 is 1.92 bits per heavy atom. The minimum atomic E-state index is -0.895. The first kappa shape index (κ1) is 16.4. The van der Waals surface area contributed by atoms with Gasteiger partial charge in [-0.2, -0.15) is 0 Å². The summed E-state index contributed by atoms with van der Waals surface area (Å²) in [7, 11) is 0. The van der Waals surface area contributed by atoms with E-state index in [2.05, 4.69) is 10.6 Å². The van der Waals surface area contributed by atoms with E-state index in [1.54, 1.807) is 0 Å². The number of hydrogen-bond donors (Lipinski definition) is 3. The quantitative estimate of drug-likeness (QED) is 0.728. The Bertz CT molecular complexity index is 812. The summed E-state index contributed by atoms with van der Waals surface area (Å²) < 4.78 is 13.4. The molecular formula is C17H15ClFN3O2. The van der Waals surface area contributed by atoms with E-state index in [-0.39, 0.29) is 16.8 Å². The van der Waals surface area contributed by atoms with Crippen LogP contribution < -0.4 is 16.4 Å². The van der Waals surface area contributed by atoms with Crippen molar-refractivity contribution in [2.75, 3.05) is 5.32 Å². The number of nitrogens with two attached hydrogens (primary N) is 1. The fourth-order valence-corrected chi connectivity index (χ4v) is 2.90. The standard InChI is InChI=1S/C17H15ClFN3O2/c18-12-6-5-10(8-13(12)19)21-16(23)17(24)22-15-11-4-2-1-3-9(11)7-14(15)20/h1-6,8,14-15H,7,20H2,(H,21,23)(H,22,24)/t14-,15-/m1/s1. The van der Waals surface area contributed by atoms with Crippen LogP contribution in [-0.4, -0.2) is 17.9 Å². The van der Waals surface area contributed by atoms with Gasteiger partial charge < -0.3 is 16.4 Å². The van der Waals surface area contributed by atoms with Gasteiger partial charge in [0.25, 0.3) is 0 Å². The van der Waals surface area contributed by atoms with Crippen molar-refractivity contribution in [3.05, 3.63) is 64.4 Å². The molecule has 0 saturated heterocycles. The zero-order chi connectivity index (χ0) is 17.3. The minimum absolute atomic E-state index is 0.0639. The Labute approximate surface area is 143 Å². The third kappa shape index (κ3) is 3.25. The summed E-state index contributed by atoms with van der Waals surface area (Å²) in [4.78, 5) is 24.1. The molecule has 0 radical (unpaired) electrons. The molecular weight excluding hydrogens is 333 g/mol. The zero-order valence-corrected chi connectivity index (χ0v) is 13.3. The van der Waals surface area contributed by atoms with Crippen molar-refractivity contribution in [2.45, 2.75) is 18.5 Å². The summed E-state index contributed by atoms with van der Waals surface area (Å²) in [6, 6.07) is 10.6. The van der Waals surface area contributed by atoms with Gasteiger partial charge in [-0.1, -0.05) is 35.9 Å². The smallest absolute Gasteiger partial charge is 0.313 e. The molecule has 2 amide bonds. The molecule has 0 unspecified atom stereocenters. The first-order valence-electron chi connectivity index (χ1n) is 7.36. The van der Waals surface area contributed by atoms with Crippen LogP contribution in [0.4, 0.5) is 10.1 Å². The number of rotatable bonds is 2. The highest BCUT2D eigenvalue weighted by molar-refractivity contribution is 6.39. The van der Waals surface area contributed by atoms with Gasteiger partial charge in [0.2, 0.25) is 0 Å². The van der Waals surface area contributed by atoms with E-state index in [1.165, 1.54) is 12.1 Å². The maximum Gasteiger partial charge on any atom is 0.313 e. The van der Waals surface area contributed by atoms with Crippen LogP contribution in [0.2, 0.25) is 5.02 Å². The highest BCUT2D eigenvalue weighted by atomic mass is 35.5. The fourth-order valence-electron chi connectivity index (χ4n) is 2.78. The second kappa shape index (κ2) is 6.59. The zero-order valence-electron chi connectivity index (χ0n) is 12.6. The predicted octanol–water partition coefficient (Wildman–Crippen LogP) is 2.16. The molecule has 4 N–H and O–H groups in total. The Hall–Kier alpha value is -2.44. The third-order valence-electron chi connectivity index (χ3n) is 3.94. The predicted molar refractivity (Wildman–Crippen MR) is 89.0 cm³/mol. The number of anilines is 1. The largest absolute Gasteiger partial charge is 0.339 e. The van der Waals surface area contributed by atoms with Gasteiger partial charge in [0.15, 0.2) is 0 Å². The molecule has 2 aromatic carbocycles. The van der Waals surface area contributed by atoms with E-state index in [1.807, 2.05) is 24.3 Å². The Morgan fingerprint density at radius 3 is 2.67 bits per heavy atom. The van der Waals surface area contributed by atoms with Gasteiger partial charge in [0, 0.05) is 11.7 Å². The lowest BCUT2D eigenvalue weighted by molar-refractivity contribution is -0.136. The van der Waals surface area contributed by atoms with Gasteiger partial charge in [-0.05, 0) is 35.7 Å². The van der Waals surface area contributed by atoms with E-state index >= 15 is 0 Å². The van der Waals surface area contributed by atoms with Crippen LogP contribution in [0.3, 0.4) is 0 Å². The molecule has 0 spiro atoms. The van der Waals surface area contributed by atoms with Crippen LogP contribution >= 0.6 is 11.6 Å². The molecule has 0 bridgehead atoms. The van der Waals surface area contributed by atoms with Crippen LogP contribution in [0, 0.1) is 5.82 Å². The number of amides is 2. The maximum atomic E-state index is 13.4. The summed E-state index contributed by atoms with van der Waals surface area (Å²) in [5.41, 5.74) is 8.16. The molecule has 0 aromatic heterocycles. The summed E-state index contributed by atoms with van der Waals surface area (Å²) >= 11 is 5.58. The lowest BCUT2D eigenvalue weighted by Crippen LogP contribution is -2.43. The molecule has 0 saturated carbocycles. The lowest BCUT2D eigenvalue weighted by Gasteiger charge is -2.18. The van der Waals surface area contributed by atoms with Crippen molar-refractivity contribution < 1.29 is 14.0 Å². The van der Waals surface area contributed by atoms with Gasteiger partial charge in [0.1, 0.15) is 5.82 Å². The maximum absolute atomic E-state index is 13.4. The van der Waals surface area contributed by atoms with E-state index in [0.29, 0.717) is 6.42 Å². The highest BCUT2D eigenvalue weighted by Crippen LogP contribution is 2.30. The van der Waals surface area contributed by atoms with Crippen LogP contribution in [0.5, 0.6) is 0 Å². The van der Waals surface area contributed by atoms with Gasteiger partial charge in [-0.25, -0.2) is 4.39 Å². The number of carbonyl (C=O) groups excluding carboxylic acids is 2. The molecule has 1 aliphatic carbocycles. The molecule has 7 heteroatoms. The number of hydrogen-bond acceptors (Lipinski definition) is 3. The fraction of sp³-hybridized carbons (Fsp3) is 0.176.